The lowest BCUT2D eigenvalue weighted by atomic mass is 9.90. The van der Waals surface area contributed by atoms with Gasteiger partial charge in [-0.05, 0) is 49.3 Å². The second-order valence-corrected chi connectivity index (χ2v) is 6.52. The molecule has 1 fully saturated rings. The Morgan fingerprint density at radius 3 is 2.89 bits per heavy atom. The number of thioether (sulfide) groups is 1. The summed E-state index contributed by atoms with van der Waals surface area (Å²) in [4.78, 5) is 0. The second-order valence-electron chi connectivity index (χ2n) is 5.07. The molecule has 1 aliphatic heterocycles. The lowest BCUT2D eigenvalue weighted by molar-refractivity contribution is 0.198. The van der Waals surface area contributed by atoms with Gasteiger partial charge in [-0.2, -0.15) is 11.8 Å². The molecule has 1 aromatic carbocycles. The Kier molecular flexibility index (Phi) is 4.17. The maximum absolute atomic E-state index is 13.4. The van der Waals surface area contributed by atoms with Crippen LogP contribution in [0.1, 0.15) is 25.3 Å². The zero-order valence-electron chi connectivity index (χ0n) is 10.9. The Morgan fingerprint density at radius 2 is 2.28 bits per heavy atom. The smallest absolute Gasteiger partial charge is 0.125 e. The molecule has 2 unspecified atom stereocenters. The van der Waals surface area contributed by atoms with Gasteiger partial charge >= 0.3 is 0 Å². The van der Waals surface area contributed by atoms with Crippen molar-refractivity contribution in [2.24, 2.45) is 0 Å². The molecule has 1 saturated heterocycles. The van der Waals surface area contributed by atoms with E-state index in [1.165, 1.54) is 12.1 Å². The molecule has 0 saturated carbocycles. The van der Waals surface area contributed by atoms with E-state index in [1.54, 1.807) is 0 Å². The summed E-state index contributed by atoms with van der Waals surface area (Å²) in [5.74, 6) is 0.897. The molecular formula is C14H20FNOS. The van der Waals surface area contributed by atoms with Crippen LogP contribution >= 0.6 is 11.8 Å². The largest absolute Gasteiger partial charge is 0.394 e. The Balaban J connectivity index is 2.23. The highest BCUT2D eigenvalue weighted by Crippen LogP contribution is 2.36. The molecule has 1 heterocycles. The Hall–Kier alpha value is -0.740. The van der Waals surface area contributed by atoms with Gasteiger partial charge in [-0.3, -0.25) is 0 Å². The molecule has 0 radical (unpaired) electrons. The molecule has 0 amide bonds. The molecule has 2 nitrogen and oxygen atoms in total. The summed E-state index contributed by atoms with van der Waals surface area (Å²) >= 11 is 1.86. The number of hydrogen-bond donors (Lipinski definition) is 2. The van der Waals surface area contributed by atoms with Crippen LogP contribution in [0.2, 0.25) is 0 Å². The third kappa shape index (κ3) is 2.81. The van der Waals surface area contributed by atoms with Crippen molar-refractivity contribution in [3.8, 4) is 0 Å². The van der Waals surface area contributed by atoms with E-state index in [-0.39, 0.29) is 18.0 Å². The first-order valence-corrected chi connectivity index (χ1v) is 7.38. The maximum atomic E-state index is 13.4. The number of halogens is 1. The summed E-state index contributed by atoms with van der Waals surface area (Å²) in [5, 5.41) is 13.4. The zero-order chi connectivity index (χ0) is 13.2. The molecule has 1 aliphatic rings. The molecule has 0 aliphatic carbocycles. The van der Waals surface area contributed by atoms with E-state index < -0.39 is 0 Å². The number of anilines is 1. The van der Waals surface area contributed by atoms with E-state index in [1.807, 2.05) is 24.8 Å². The van der Waals surface area contributed by atoms with Gasteiger partial charge in [0.05, 0.1) is 12.1 Å². The Labute approximate surface area is 112 Å². The molecule has 100 valence electrons. The summed E-state index contributed by atoms with van der Waals surface area (Å²) in [6.07, 6.45) is 2.00. The normalized spacial score (nSPS) is 28.1. The van der Waals surface area contributed by atoms with Crippen LogP contribution in [-0.2, 0) is 0 Å². The first-order valence-electron chi connectivity index (χ1n) is 6.33. The number of hydrogen-bond acceptors (Lipinski definition) is 3. The molecular weight excluding hydrogens is 249 g/mol. The minimum atomic E-state index is -0.330. The van der Waals surface area contributed by atoms with Crippen LogP contribution in [0.4, 0.5) is 10.1 Å². The SMILES string of the molecule is Cc1cc(F)cc(NC2(CO)CCCSC2C)c1. The molecule has 0 bridgehead atoms. The second kappa shape index (κ2) is 5.49. The van der Waals surface area contributed by atoms with Crippen LogP contribution in [0.25, 0.3) is 0 Å². The fourth-order valence-electron chi connectivity index (χ4n) is 2.52. The van der Waals surface area contributed by atoms with Gasteiger partial charge in [0.2, 0.25) is 0 Å². The zero-order valence-corrected chi connectivity index (χ0v) is 11.7. The summed E-state index contributed by atoms with van der Waals surface area (Å²) in [7, 11) is 0. The maximum Gasteiger partial charge on any atom is 0.125 e. The van der Waals surface area contributed by atoms with Crippen molar-refractivity contribution in [2.45, 2.75) is 37.5 Å². The highest BCUT2D eigenvalue weighted by atomic mass is 32.2. The van der Waals surface area contributed by atoms with Gasteiger partial charge in [0.1, 0.15) is 5.82 Å². The average Bonchev–Trinajstić information content (AvgIpc) is 2.31. The molecule has 0 aromatic heterocycles. The van der Waals surface area contributed by atoms with E-state index in [9.17, 15) is 9.50 Å². The predicted octanol–water partition coefficient (Wildman–Crippen LogP) is 3.19. The quantitative estimate of drug-likeness (QED) is 0.884. The first-order chi connectivity index (χ1) is 8.55. The topological polar surface area (TPSA) is 32.3 Å². The predicted molar refractivity (Wildman–Crippen MR) is 75.7 cm³/mol. The van der Waals surface area contributed by atoms with E-state index in [4.69, 9.17) is 0 Å². The van der Waals surface area contributed by atoms with Crippen molar-refractivity contribution >= 4 is 17.4 Å². The minimum absolute atomic E-state index is 0.0801. The fourth-order valence-corrected chi connectivity index (χ4v) is 3.75. The Morgan fingerprint density at radius 1 is 1.50 bits per heavy atom. The lowest BCUT2D eigenvalue weighted by Crippen LogP contribution is -2.51. The van der Waals surface area contributed by atoms with Gasteiger partial charge in [-0.25, -0.2) is 4.39 Å². The molecule has 2 atom stereocenters. The van der Waals surface area contributed by atoms with E-state index in [2.05, 4.69) is 12.2 Å². The van der Waals surface area contributed by atoms with Crippen LogP contribution < -0.4 is 5.32 Å². The number of aliphatic hydroxyl groups excluding tert-OH is 1. The lowest BCUT2D eigenvalue weighted by Gasteiger charge is -2.42. The summed E-state index contributed by atoms with van der Waals surface area (Å²) in [6.45, 7) is 4.08. The van der Waals surface area contributed by atoms with E-state index in [0.29, 0.717) is 5.25 Å². The highest BCUT2D eigenvalue weighted by Gasteiger charge is 2.38. The van der Waals surface area contributed by atoms with Gasteiger partial charge in [-0.1, -0.05) is 6.92 Å². The van der Waals surface area contributed by atoms with Gasteiger partial charge < -0.3 is 10.4 Å². The van der Waals surface area contributed by atoms with Crippen molar-refractivity contribution in [1.29, 1.82) is 0 Å². The molecule has 1 aromatic rings. The summed E-state index contributed by atoms with van der Waals surface area (Å²) in [5.41, 5.74) is 1.32. The Bertz CT molecular complexity index is 406. The standard InChI is InChI=1S/C14H20FNOS/c1-10-6-12(15)8-13(7-10)16-14(9-17)4-3-5-18-11(14)2/h6-8,11,16-17H,3-5,9H2,1-2H3. The van der Waals surface area contributed by atoms with Crippen LogP contribution in [0.3, 0.4) is 0 Å². The van der Waals surface area contributed by atoms with Gasteiger partial charge in [0.25, 0.3) is 0 Å². The number of aliphatic hydroxyl groups is 1. The first kappa shape index (κ1) is 13.7. The van der Waals surface area contributed by atoms with Crippen molar-refractivity contribution in [3.63, 3.8) is 0 Å². The molecule has 4 heteroatoms. The van der Waals surface area contributed by atoms with Crippen LogP contribution in [-0.4, -0.2) is 28.3 Å². The van der Waals surface area contributed by atoms with Crippen LogP contribution in [0.5, 0.6) is 0 Å². The number of rotatable bonds is 3. The number of benzene rings is 1. The van der Waals surface area contributed by atoms with Gasteiger partial charge in [0, 0.05) is 10.9 Å². The molecule has 2 N–H and O–H groups in total. The summed E-state index contributed by atoms with van der Waals surface area (Å²) < 4.78 is 13.4. The number of nitrogens with one attached hydrogen (secondary N) is 1. The van der Waals surface area contributed by atoms with E-state index in [0.717, 1.165) is 29.8 Å². The van der Waals surface area contributed by atoms with E-state index >= 15 is 0 Å². The van der Waals surface area contributed by atoms with Crippen molar-refractivity contribution in [1.82, 2.24) is 0 Å². The third-order valence-corrected chi connectivity index (χ3v) is 5.11. The van der Waals surface area contributed by atoms with Crippen molar-refractivity contribution in [3.05, 3.63) is 29.6 Å². The number of aryl methyl sites for hydroxylation is 1. The van der Waals surface area contributed by atoms with Gasteiger partial charge in [0.15, 0.2) is 0 Å². The fraction of sp³-hybridized carbons (Fsp3) is 0.571. The molecule has 2 rings (SSSR count). The highest BCUT2D eigenvalue weighted by molar-refractivity contribution is 8.00. The summed E-state index contributed by atoms with van der Waals surface area (Å²) in [6, 6.07) is 4.93. The van der Waals surface area contributed by atoms with Crippen molar-refractivity contribution in [2.75, 3.05) is 17.7 Å². The monoisotopic (exact) mass is 269 g/mol. The van der Waals surface area contributed by atoms with Gasteiger partial charge in [-0.15, -0.1) is 0 Å². The van der Waals surface area contributed by atoms with Crippen LogP contribution in [0, 0.1) is 12.7 Å². The molecule has 0 spiro atoms. The average molecular weight is 269 g/mol. The molecule has 18 heavy (non-hydrogen) atoms. The van der Waals surface area contributed by atoms with Crippen LogP contribution in [0.15, 0.2) is 18.2 Å². The minimum Gasteiger partial charge on any atom is -0.394 e. The third-order valence-electron chi connectivity index (χ3n) is 3.63. The van der Waals surface area contributed by atoms with Crippen molar-refractivity contribution < 1.29 is 9.50 Å².